The lowest BCUT2D eigenvalue weighted by atomic mass is 9.73. The number of hydrogen-bond acceptors (Lipinski definition) is 3. The van der Waals surface area contributed by atoms with Crippen LogP contribution in [0.1, 0.15) is 44.1 Å². The van der Waals surface area contributed by atoms with Gasteiger partial charge in [-0.2, -0.15) is 0 Å². The average Bonchev–Trinajstić information content (AvgIpc) is 2.89. The van der Waals surface area contributed by atoms with Crippen molar-refractivity contribution in [1.82, 2.24) is 4.90 Å². The Kier molecular flexibility index (Phi) is 5.17. The van der Waals surface area contributed by atoms with E-state index in [0.717, 1.165) is 56.9 Å². The summed E-state index contributed by atoms with van der Waals surface area (Å²) < 4.78 is 0. The fraction of sp³-hybridized carbons (Fsp3) is 0.619. The van der Waals surface area contributed by atoms with Gasteiger partial charge in [-0.05, 0) is 37.5 Å². The molecule has 1 aromatic carbocycles. The van der Waals surface area contributed by atoms with E-state index in [9.17, 15) is 9.59 Å². The maximum atomic E-state index is 13.0. The van der Waals surface area contributed by atoms with Gasteiger partial charge in [0.15, 0.2) is 6.67 Å². The number of hydrogen-bond donors (Lipinski definition) is 1. The van der Waals surface area contributed by atoms with E-state index >= 15 is 0 Å². The number of anilines is 1. The van der Waals surface area contributed by atoms with Crippen LogP contribution in [0.15, 0.2) is 18.2 Å². The summed E-state index contributed by atoms with van der Waals surface area (Å²) in [7, 11) is 0. The predicted octanol–water partition coefficient (Wildman–Crippen LogP) is 2.02. The lowest BCUT2D eigenvalue weighted by Gasteiger charge is -2.36. The Morgan fingerprint density at radius 1 is 1.11 bits per heavy atom. The summed E-state index contributed by atoms with van der Waals surface area (Å²) in [6, 6.07) is 6.01. The molecule has 1 N–H and O–H groups in total. The first-order valence-corrected chi connectivity index (χ1v) is 10.6. The van der Waals surface area contributed by atoms with Gasteiger partial charge in [-0.1, -0.05) is 36.9 Å². The van der Waals surface area contributed by atoms with E-state index in [1.165, 1.54) is 22.6 Å². The highest BCUT2D eigenvalue weighted by atomic mass is 35.5. The summed E-state index contributed by atoms with van der Waals surface area (Å²) in [5.74, 6) is 0.148. The largest absolute Gasteiger partial charge is 0.360 e. The molecule has 0 atom stereocenters. The minimum atomic E-state index is -0.367. The van der Waals surface area contributed by atoms with Crippen molar-refractivity contribution in [3.63, 3.8) is 0 Å². The number of carbonyl (C=O) groups is 2. The quantitative estimate of drug-likeness (QED) is 0.803. The number of likely N-dealkylation sites (tertiary alicyclic amines) is 1. The van der Waals surface area contributed by atoms with Gasteiger partial charge in [-0.3, -0.25) is 9.59 Å². The van der Waals surface area contributed by atoms with Crippen LogP contribution in [0.25, 0.3) is 0 Å². The fourth-order valence-electron chi connectivity index (χ4n) is 5.01. The second-order valence-electron chi connectivity index (χ2n) is 8.47. The number of quaternary nitrogens is 1. The second kappa shape index (κ2) is 7.44. The van der Waals surface area contributed by atoms with Crippen LogP contribution in [-0.4, -0.2) is 49.6 Å². The highest BCUT2D eigenvalue weighted by Crippen LogP contribution is 2.44. The van der Waals surface area contributed by atoms with E-state index in [-0.39, 0.29) is 17.2 Å². The number of rotatable bonds is 3. The van der Waals surface area contributed by atoms with Crippen LogP contribution >= 0.6 is 11.6 Å². The smallest absolute Gasteiger partial charge is 0.240 e. The van der Waals surface area contributed by atoms with Crippen molar-refractivity contribution < 1.29 is 14.5 Å². The van der Waals surface area contributed by atoms with E-state index in [4.69, 9.17) is 11.6 Å². The first kappa shape index (κ1) is 18.8. The molecule has 2 saturated heterocycles. The van der Waals surface area contributed by atoms with Crippen molar-refractivity contribution >= 4 is 29.1 Å². The van der Waals surface area contributed by atoms with Crippen LogP contribution in [0.5, 0.6) is 0 Å². The molecule has 2 heterocycles. The van der Waals surface area contributed by atoms with Crippen LogP contribution in [0.3, 0.4) is 0 Å². The highest BCUT2D eigenvalue weighted by Gasteiger charge is 2.52. The zero-order chi connectivity index (χ0) is 19.0. The van der Waals surface area contributed by atoms with Gasteiger partial charge in [0.1, 0.15) is 0 Å². The maximum Gasteiger partial charge on any atom is 0.240 e. The van der Waals surface area contributed by atoms with Gasteiger partial charge < -0.3 is 9.80 Å². The minimum Gasteiger partial charge on any atom is -0.360 e. The SMILES string of the molecule is Cc1ccc(Cl)cc1N1CC[NH+](CN2C(=O)CC3(CCCCC3)C2=O)CC1. The topological polar surface area (TPSA) is 45.1 Å². The molecular weight excluding hydrogens is 362 g/mol. The van der Waals surface area contributed by atoms with Crippen molar-refractivity contribution in [1.29, 1.82) is 0 Å². The Labute approximate surface area is 166 Å². The van der Waals surface area contributed by atoms with Crippen molar-refractivity contribution in [3.05, 3.63) is 28.8 Å². The van der Waals surface area contributed by atoms with E-state index in [1.54, 1.807) is 4.90 Å². The molecule has 146 valence electrons. The number of benzene rings is 1. The number of piperazine rings is 1. The summed E-state index contributed by atoms with van der Waals surface area (Å²) in [4.78, 5) is 30.8. The van der Waals surface area contributed by atoms with Crippen LogP contribution in [0.2, 0.25) is 5.02 Å². The molecule has 2 amide bonds. The Morgan fingerprint density at radius 3 is 2.52 bits per heavy atom. The Balaban J connectivity index is 1.37. The van der Waals surface area contributed by atoms with Crippen molar-refractivity contribution in [3.8, 4) is 0 Å². The van der Waals surface area contributed by atoms with Gasteiger partial charge >= 0.3 is 0 Å². The monoisotopic (exact) mass is 390 g/mol. The summed E-state index contributed by atoms with van der Waals surface area (Å²) in [5, 5.41) is 0.761. The normalized spacial score (nSPS) is 23.5. The lowest BCUT2D eigenvalue weighted by Crippen LogP contribution is -3.16. The first-order valence-electron chi connectivity index (χ1n) is 10.2. The number of imide groups is 1. The molecule has 5 nitrogen and oxygen atoms in total. The van der Waals surface area contributed by atoms with Crippen LogP contribution in [-0.2, 0) is 9.59 Å². The number of nitrogens with zero attached hydrogens (tertiary/aromatic N) is 2. The second-order valence-corrected chi connectivity index (χ2v) is 8.91. The molecule has 6 heteroatoms. The molecule has 0 aromatic heterocycles. The molecule has 1 spiro atoms. The summed E-state index contributed by atoms with van der Waals surface area (Å²) in [5.41, 5.74) is 2.05. The van der Waals surface area contributed by atoms with Gasteiger partial charge in [0, 0.05) is 17.1 Å². The van der Waals surface area contributed by atoms with Gasteiger partial charge in [0.05, 0.1) is 31.6 Å². The van der Waals surface area contributed by atoms with Gasteiger partial charge in [0.25, 0.3) is 0 Å². The third kappa shape index (κ3) is 3.59. The van der Waals surface area contributed by atoms with Crippen LogP contribution in [0.4, 0.5) is 5.69 Å². The summed E-state index contributed by atoms with van der Waals surface area (Å²) in [6.45, 7) is 6.32. The van der Waals surface area contributed by atoms with Crippen molar-refractivity contribution in [2.75, 3.05) is 37.7 Å². The number of aryl methyl sites for hydroxylation is 1. The van der Waals surface area contributed by atoms with Crippen molar-refractivity contribution in [2.24, 2.45) is 5.41 Å². The van der Waals surface area contributed by atoms with E-state index in [0.29, 0.717) is 13.1 Å². The molecule has 3 fully saturated rings. The molecule has 1 aliphatic carbocycles. The number of halogens is 1. The number of carbonyl (C=O) groups excluding carboxylic acids is 2. The average molecular weight is 391 g/mol. The van der Waals surface area contributed by atoms with E-state index in [2.05, 4.69) is 17.9 Å². The molecule has 0 unspecified atom stereocenters. The van der Waals surface area contributed by atoms with E-state index < -0.39 is 0 Å². The number of amides is 2. The van der Waals surface area contributed by atoms with Gasteiger partial charge in [-0.25, -0.2) is 4.90 Å². The molecule has 4 rings (SSSR count). The molecule has 27 heavy (non-hydrogen) atoms. The summed E-state index contributed by atoms with van der Waals surface area (Å²) in [6.07, 6.45) is 5.58. The molecular formula is C21H29ClN3O2+. The van der Waals surface area contributed by atoms with Gasteiger partial charge in [0.2, 0.25) is 11.8 Å². The standard InChI is InChI=1S/C21H28ClN3O2/c1-16-5-6-17(22)13-18(16)24-11-9-23(10-12-24)15-25-19(26)14-21(20(25)27)7-3-2-4-8-21/h5-6,13H,2-4,7-12,14-15H2,1H3/p+1. The minimum absolute atomic E-state index is 0.0440. The molecule has 1 aromatic rings. The Bertz CT molecular complexity index is 737. The Hall–Kier alpha value is -1.59. The lowest BCUT2D eigenvalue weighted by molar-refractivity contribution is -0.908. The van der Waals surface area contributed by atoms with Crippen molar-refractivity contribution in [2.45, 2.75) is 45.4 Å². The van der Waals surface area contributed by atoms with Gasteiger partial charge in [-0.15, -0.1) is 0 Å². The molecule has 3 aliphatic rings. The number of nitrogens with one attached hydrogen (secondary N) is 1. The predicted molar refractivity (Wildman–Crippen MR) is 106 cm³/mol. The zero-order valence-electron chi connectivity index (χ0n) is 16.1. The zero-order valence-corrected chi connectivity index (χ0v) is 16.9. The summed E-state index contributed by atoms with van der Waals surface area (Å²) >= 11 is 6.17. The van der Waals surface area contributed by atoms with Crippen LogP contribution < -0.4 is 9.80 Å². The Morgan fingerprint density at radius 2 is 1.81 bits per heavy atom. The molecule has 0 radical (unpaired) electrons. The maximum absolute atomic E-state index is 13.0. The molecule has 0 bridgehead atoms. The fourth-order valence-corrected chi connectivity index (χ4v) is 5.17. The highest BCUT2D eigenvalue weighted by molar-refractivity contribution is 6.30. The molecule has 1 saturated carbocycles. The van der Waals surface area contributed by atoms with Crippen LogP contribution in [0, 0.1) is 12.3 Å². The molecule has 2 aliphatic heterocycles. The first-order chi connectivity index (χ1) is 13.0. The van der Waals surface area contributed by atoms with E-state index in [1.807, 2.05) is 12.1 Å². The third-order valence-corrected chi connectivity index (χ3v) is 6.90. The third-order valence-electron chi connectivity index (χ3n) is 6.66.